The molecule has 1 aliphatic rings. The van der Waals surface area contributed by atoms with Gasteiger partial charge in [0.25, 0.3) is 5.91 Å². The average molecular weight is 254 g/mol. The first-order valence-corrected chi connectivity index (χ1v) is 6.80. The number of hydrogen-bond acceptors (Lipinski definition) is 2. The molecular weight excluding hydrogens is 236 g/mol. The van der Waals surface area contributed by atoms with Gasteiger partial charge in [0.1, 0.15) is 0 Å². The maximum Gasteiger partial charge on any atom is 0.256 e. The number of hydrogen-bond donors (Lipinski definition) is 1. The van der Waals surface area contributed by atoms with Gasteiger partial charge in [0.2, 0.25) is 0 Å². The summed E-state index contributed by atoms with van der Waals surface area (Å²) in [5, 5.41) is 2.14. The lowest BCUT2D eigenvalue weighted by Gasteiger charge is -2.21. The van der Waals surface area contributed by atoms with Crippen molar-refractivity contribution < 1.29 is 4.79 Å². The molecule has 2 aromatic rings. The number of amides is 1. The lowest BCUT2D eigenvalue weighted by atomic mass is 10.0. The van der Waals surface area contributed by atoms with Gasteiger partial charge in [-0.05, 0) is 42.7 Å². The Kier molecular flexibility index (Phi) is 2.90. The van der Waals surface area contributed by atoms with Crippen molar-refractivity contribution in [3.05, 3.63) is 42.0 Å². The summed E-state index contributed by atoms with van der Waals surface area (Å²) in [5.41, 5.74) is 7.26. The molecule has 0 unspecified atom stereocenters. The third kappa shape index (κ3) is 2.16. The predicted octanol–water partition coefficient (Wildman–Crippen LogP) is 3.05. The quantitative estimate of drug-likeness (QED) is 0.856. The number of anilines is 1. The van der Waals surface area contributed by atoms with E-state index >= 15 is 0 Å². The molecule has 0 aromatic heterocycles. The molecule has 1 amide bonds. The van der Waals surface area contributed by atoms with E-state index in [0.717, 1.165) is 30.2 Å². The van der Waals surface area contributed by atoms with Crippen molar-refractivity contribution in [2.45, 2.75) is 25.8 Å². The van der Waals surface area contributed by atoms with Crippen LogP contribution in [0.4, 0.5) is 5.69 Å². The Morgan fingerprint density at radius 2 is 1.89 bits per heavy atom. The molecular formula is C16H18N2O. The van der Waals surface area contributed by atoms with Crippen molar-refractivity contribution >= 4 is 22.4 Å². The van der Waals surface area contributed by atoms with Gasteiger partial charge < -0.3 is 10.6 Å². The highest BCUT2D eigenvalue weighted by atomic mass is 16.2. The van der Waals surface area contributed by atoms with Crippen LogP contribution in [0.1, 0.15) is 30.1 Å². The van der Waals surface area contributed by atoms with Crippen LogP contribution in [0.2, 0.25) is 0 Å². The zero-order valence-corrected chi connectivity index (χ0v) is 11.1. The summed E-state index contributed by atoms with van der Waals surface area (Å²) < 4.78 is 0. The molecule has 19 heavy (non-hydrogen) atoms. The lowest BCUT2D eigenvalue weighted by Crippen LogP contribution is -2.33. The van der Waals surface area contributed by atoms with Crippen LogP contribution in [-0.2, 0) is 0 Å². The van der Waals surface area contributed by atoms with Gasteiger partial charge in [-0.3, -0.25) is 4.79 Å². The van der Waals surface area contributed by atoms with E-state index in [1.807, 2.05) is 48.2 Å². The largest absolute Gasteiger partial charge is 0.398 e. The number of nitrogen functional groups attached to an aromatic ring is 1. The van der Waals surface area contributed by atoms with Crippen LogP contribution >= 0.6 is 0 Å². The summed E-state index contributed by atoms with van der Waals surface area (Å²) in [7, 11) is 0. The molecule has 0 radical (unpaired) electrons. The van der Waals surface area contributed by atoms with Crippen molar-refractivity contribution in [3.8, 4) is 0 Å². The summed E-state index contributed by atoms with van der Waals surface area (Å²) in [6, 6.07) is 12.2. The minimum Gasteiger partial charge on any atom is -0.398 e. The SMILES string of the molecule is CCN(C(=O)c1cc2ccccc2cc1N)C1CC1. The van der Waals surface area contributed by atoms with Crippen LogP contribution in [0.15, 0.2) is 36.4 Å². The lowest BCUT2D eigenvalue weighted by molar-refractivity contribution is 0.0754. The number of fused-ring (bicyclic) bond motifs is 1. The predicted molar refractivity (Wildman–Crippen MR) is 78.1 cm³/mol. The number of carbonyl (C=O) groups excluding carboxylic acids is 1. The Labute approximate surface area is 113 Å². The first-order chi connectivity index (χ1) is 9.20. The van der Waals surface area contributed by atoms with E-state index < -0.39 is 0 Å². The van der Waals surface area contributed by atoms with E-state index in [9.17, 15) is 4.79 Å². The van der Waals surface area contributed by atoms with Crippen molar-refractivity contribution in [3.63, 3.8) is 0 Å². The van der Waals surface area contributed by atoms with Gasteiger partial charge in [-0.1, -0.05) is 24.3 Å². The van der Waals surface area contributed by atoms with E-state index in [1.165, 1.54) is 0 Å². The first-order valence-electron chi connectivity index (χ1n) is 6.80. The number of nitrogens with two attached hydrogens (primary N) is 1. The number of benzene rings is 2. The summed E-state index contributed by atoms with van der Waals surface area (Å²) >= 11 is 0. The van der Waals surface area contributed by atoms with Crippen LogP contribution in [-0.4, -0.2) is 23.4 Å². The molecule has 0 aliphatic heterocycles. The minimum absolute atomic E-state index is 0.0632. The van der Waals surface area contributed by atoms with Crippen LogP contribution in [0, 0.1) is 0 Å². The fourth-order valence-corrected chi connectivity index (χ4v) is 2.55. The topological polar surface area (TPSA) is 46.3 Å². The fraction of sp³-hybridized carbons (Fsp3) is 0.312. The first kappa shape index (κ1) is 12.0. The van der Waals surface area contributed by atoms with Gasteiger partial charge in [0, 0.05) is 18.3 Å². The zero-order chi connectivity index (χ0) is 13.4. The maximum atomic E-state index is 12.6. The Balaban J connectivity index is 2.03. The van der Waals surface area contributed by atoms with Crippen LogP contribution in [0.3, 0.4) is 0 Å². The van der Waals surface area contributed by atoms with Gasteiger partial charge in [-0.2, -0.15) is 0 Å². The Bertz CT molecular complexity index is 632. The Morgan fingerprint density at radius 3 is 2.47 bits per heavy atom. The van der Waals surface area contributed by atoms with Gasteiger partial charge in [-0.25, -0.2) is 0 Å². The van der Waals surface area contributed by atoms with Crippen molar-refractivity contribution in [1.29, 1.82) is 0 Å². The standard InChI is InChI=1S/C16H18N2O/c1-2-18(13-7-8-13)16(19)14-9-11-5-3-4-6-12(11)10-15(14)17/h3-6,9-10,13H,2,7-8,17H2,1H3. The molecule has 2 aromatic carbocycles. The molecule has 1 aliphatic carbocycles. The van der Waals surface area contributed by atoms with Crippen molar-refractivity contribution in [2.24, 2.45) is 0 Å². The molecule has 3 heteroatoms. The number of rotatable bonds is 3. The number of nitrogens with zero attached hydrogens (tertiary/aromatic N) is 1. The van der Waals surface area contributed by atoms with E-state index in [4.69, 9.17) is 5.73 Å². The summed E-state index contributed by atoms with van der Waals surface area (Å²) in [4.78, 5) is 14.5. The second-order valence-corrected chi connectivity index (χ2v) is 5.11. The van der Waals surface area contributed by atoms with E-state index in [0.29, 0.717) is 17.3 Å². The highest BCUT2D eigenvalue weighted by Gasteiger charge is 2.32. The molecule has 0 saturated heterocycles. The molecule has 98 valence electrons. The normalized spacial score (nSPS) is 14.6. The second kappa shape index (κ2) is 4.57. The third-order valence-corrected chi connectivity index (χ3v) is 3.74. The summed E-state index contributed by atoms with van der Waals surface area (Å²) in [6.45, 7) is 2.77. The highest BCUT2D eigenvalue weighted by molar-refractivity contribution is 6.04. The van der Waals surface area contributed by atoms with E-state index in [2.05, 4.69) is 0 Å². The molecule has 3 nitrogen and oxygen atoms in total. The number of carbonyl (C=O) groups is 1. The molecule has 0 bridgehead atoms. The molecule has 2 N–H and O–H groups in total. The molecule has 1 saturated carbocycles. The third-order valence-electron chi connectivity index (χ3n) is 3.74. The van der Waals surface area contributed by atoms with Crippen molar-refractivity contribution in [2.75, 3.05) is 12.3 Å². The van der Waals surface area contributed by atoms with Crippen molar-refractivity contribution in [1.82, 2.24) is 4.90 Å². The van der Waals surface area contributed by atoms with Gasteiger partial charge in [-0.15, -0.1) is 0 Å². The Morgan fingerprint density at radius 1 is 1.26 bits per heavy atom. The molecule has 0 heterocycles. The van der Waals surface area contributed by atoms with E-state index in [-0.39, 0.29) is 5.91 Å². The Hall–Kier alpha value is -2.03. The van der Waals surface area contributed by atoms with Crippen LogP contribution < -0.4 is 5.73 Å². The minimum atomic E-state index is 0.0632. The van der Waals surface area contributed by atoms with E-state index in [1.54, 1.807) is 0 Å². The summed E-state index contributed by atoms with van der Waals surface area (Å²) in [5.74, 6) is 0.0632. The molecule has 0 spiro atoms. The molecule has 3 rings (SSSR count). The fourth-order valence-electron chi connectivity index (χ4n) is 2.55. The van der Waals surface area contributed by atoms with Crippen LogP contribution in [0.25, 0.3) is 10.8 Å². The van der Waals surface area contributed by atoms with Crippen LogP contribution in [0.5, 0.6) is 0 Å². The second-order valence-electron chi connectivity index (χ2n) is 5.11. The van der Waals surface area contributed by atoms with Gasteiger partial charge in [0.05, 0.1) is 5.56 Å². The smallest absolute Gasteiger partial charge is 0.256 e. The van der Waals surface area contributed by atoms with Gasteiger partial charge in [0.15, 0.2) is 0 Å². The maximum absolute atomic E-state index is 12.6. The average Bonchev–Trinajstić information content (AvgIpc) is 3.23. The summed E-state index contributed by atoms with van der Waals surface area (Å²) in [6.07, 6.45) is 2.24. The zero-order valence-electron chi connectivity index (χ0n) is 11.1. The monoisotopic (exact) mass is 254 g/mol. The van der Waals surface area contributed by atoms with Gasteiger partial charge >= 0.3 is 0 Å². The molecule has 1 fully saturated rings. The molecule has 0 atom stereocenters. The highest BCUT2D eigenvalue weighted by Crippen LogP contribution is 2.30.